The predicted octanol–water partition coefficient (Wildman–Crippen LogP) is 1.89. The molecule has 4 rings (SSSR count). The molecule has 0 saturated carbocycles. The molecule has 6 nitrogen and oxygen atoms in total. The number of carbonyl (C=O) groups excluding carboxylic acids is 1. The number of aliphatic hydroxyl groups excluding tert-OH is 1. The van der Waals surface area contributed by atoms with E-state index in [0.717, 1.165) is 17.5 Å². The molecule has 1 N–H and O–H groups in total. The van der Waals surface area contributed by atoms with E-state index >= 15 is 0 Å². The molecular weight excluding hydrogens is 322 g/mol. The number of hydrogen-bond donors (Lipinski definition) is 1. The Balaban J connectivity index is 1.48. The maximum Gasteiger partial charge on any atom is 0.189 e. The zero-order valence-electron chi connectivity index (χ0n) is 13.8. The number of carbonyl (C=O) groups is 1. The van der Waals surface area contributed by atoms with Gasteiger partial charge in [-0.15, -0.1) is 0 Å². The average molecular weight is 343 g/mol. The Kier molecular flexibility index (Phi) is 4.43. The zero-order chi connectivity index (χ0) is 17.3. The van der Waals surface area contributed by atoms with E-state index in [1.165, 1.54) is 0 Å². The Labute approximate surface area is 145 Å². The standard InChI is InChI=1S/C19H21NO5/c21-9-15-6-7-16-12-24-19(13-20(15)16)8-17(18(10-22)25-19)23-11-14-4-2-1-3-5-14/h1-7,9,17-18,22H,8,10-13H2/t17-,18+,19+/m0/s1. The van der Waals surface area contributed by atoms with Crippen LogP contribution in [-0.2, 0) is 34.0 Å². The van der Waals surface area contributed by atoms with Crippen molar-refractivity contribution in [2.45, 2.75) is 44.2 Å². The first-order valence-electron chi connectivity index (χ1n) is 8.45. The molecule has 1 spiro atoms. The monoisotopic (exact) mass is 343 g/mol. The summed E-state index contributed by atoms with van der Waals surface area (Å²) in [5.41, 5.74) is 2.63. The molecule has 132 valence electrons. The Morgan fingerprint density at radius 3 is 2.88 bits per heavy atom. The van der Waals surface area contributed by atoms with E-state index in [1.54, 1.807) is 6.07 Å². The van der Waals surface area contributed by atoms with Gasteiger partial charge in [0.15, 0.2) is 12.1 Å². The van der Waals surface area contributed by atoms with Gasteiger partial charge in [0, 0.05) is 12.1 Å². The highest BCUT2D eigenvalue weighted by Crippen LogP contribution is 2.39. The molecule has 3 atom stereocenters. The van der Waals surface area contributed by atoms with Crippen LogP contribution in [0.2, 0.25) is 0 Å². The van der Waals surface area contributed by atoms with E-state index in [4.69, 9.17) is 14.2 Å². The fourth-order valence-corrected chi connectivity index (χ4v) is 3.57. The SMILES string of the molecule is O=Cc1ccc2n1C[C@]1(C[C@H](OCc3ccccc3)[C@@H](CO)O1)OC2. The van der Waals surface area contributed by atoms with Crippen LogP contribution < -0.4 is 0 Å². The Morgan fingerprint density at radius 2 is 2.12 bits per heavy atom. The summed E-state index contributed by atoms with van der Waals surface area (Å²) < 4.78 is 19.9. The van der Waals surface area contributed by atoms with Crippen LogP contribution in [0, 0.1) is 0 Å². The summed E-state index contributed by atoms with van der Waals surface area (Å²) in [7, 11) is 0. The molecular formula is C19H21NO5. The van der Waals surface area contributed by atoms with E-state index in [-0.39, 0.29) is 12.7 Å². The van der Waals surface area contributed by atoms with Crippen LogP contribution in [-0.4, -0.2) is 40.6 Å². The van der Waals surface area contributed by atoms with E-state index in [1.807, 2.05) is 41.0 Å². The van der Waals surface area contributed by atoms with E-state index < -0.39 is 11.9 Å². The highest BCUT2D eigenvalue weighted by molar-refractivity contribution is 5.72. The predicted molar refractivity (Wildman–Crippen MR) is 88.9 cm³/mol. The second-order valence-electron chi connectivity index (χ2n) is 6.53. The Hall–Kier alpha value is -1.99. The number of fused-ring (bicyclic) bond motifs is 1. The lowest BCUT2D eigenvalue weighted by molar-refractivity contribution is -0.255. The minimum absolute atomic E-state index is 0.135. The van der Waals surface area contributed by atoms with Gasteiger partial charge >= 0.3 is 0 Å². The minimum atomic E-state index is -0.863. The van der Waals surface area contributed by atoms with Crippen LogP contribution in [0.25, 0.3) is 0 Å². The molecule has 1 aromatic carbocycles. The van der Waals surface area contributed by atoms with Gasteiger partial charge in [-0.1, -0.05) is 30.3 Å². The number of rotatable bonds is 5. The van der Waals surface area contributed by atoms with Gasteiger partial charge in [0.25, 0.3) is 0 Å². The number of aldehydes is 1. The smallest absolute Gasteiger partial charge is 0.189 e. The van der Waals surface area contributed by atoms with E-state index in [0.29, 0.717) is 31.9 Å². The first-order chi connectivity index (χ1) is 12.2. The summed E-state index contributed by atoms with van der Waals surface area (Å²) in [5.74, 6) is -0.863. The number of ether oxygens (including phenoxy) is 3. The second-order valence-corrected chi connectivity index (χ2v) is 6.53. The number of benzene rings is 1. The summed E-state index contributed by atoms with van der Waals surface area (Å²) in [6.07, 6.45) is 0.647. The zero-order valence-corrected chi connectivity index (χ0v) is 13.8. The van der Waals surface area contributed by atoms with Crippen molar-refractivity contribution in [1.82, 2.24) is 4.57 Å². The summed E-state index contributed by atoms with van der Waals surface area (Å²) in [5, 5.41) is 9.68. The molecule has 0 unspecified atom stereocenters. The Morgan fingerprint density at radius 1 is 1.28 bits per heavy atom. The lowest BCUT2D eigenvalue weighted by Crippen LogP contribution is -2.42. The molecule has 25 heavy (non-hydrogen) atoms. The summed E-state index contributed by atoms with van der Waals surface area (Å²) >= 11 is 0. The Bertz CT molecular complexity index is 744. The van der Waals surface area contributed by atoms with Gasteiger partial charge in [-0.3, -0.25) is 4.79 Å². The van der Waals surface area contributed by atoms with E-state index in [9.17, 15) is 9.90 Å². The van der Waals surface area contributed by atoms with E-state index in [2.05, 4.69) is 0 Å². The van der Waals surface area contributed by atoms with Crippen molar-refractivity contribution >= 4 is 6.29 Å². The number of hydrogen-bond acceptors (Lipinski definition) is 5. The maximum absolute atomic E-state index is 11.2. The molecule has 2 aliphatic rings. The summed E-state index contributed by atoms with van der Waals surface area (Å²) in [6.45, 7) is 1.11. The van der Waals surface area contributed by atoms with Gasteiger partial charge < -0.3 is 23.9 Å². The molecule has 3 heterocycles. The number of aliphatic hydroxyl groups is 1. The first-order valence-corrected chi connectivity index (χ1v) is 8.45. The van der Waals surface area contributed by atoms with Crippen molar-refractivity contribution in [3.63, 3.8) is 0 Å². The molecule has 2 aliphatic heterocycles. The number of nitrogens with zero attached hydrogens (tertiary/aromatic N) is 1. The van der Waals surface area contributed by atoms with Crippen molar-refractivity contribution in [3.05, 3.63) is 59.4 Å². The van der Waals surface area contributed by atoms with Gasteiger partial charge in [0.05, 0.1) is 38.2 Å². The lowest BCUT2D eigenvalue weighted by atomic mass is 10.1. The van der Waals surface area contributed by atoms with Crippen molar-refractivity contribution in [1.29, 1.82) is 0 Å². The van der Waals surface area contributed by atoms with Crippen molar-refractivity contribution in [3.8, 4) is 0 Å². The van der Waals surface area contributed by atoms with Crippen LogP contribution in [0.15, 0.2) is 42.5 Å². The van der Waals surface area contributed by atoms with Gasteiger partial charge in [0.1, 0.15) is 6.10 Å². The van der Waals surface area contributed by atoms with Gasteiger partial charge in [-0.25, -0.2) is 0 Å². The van der Waals surface area contributed by atoms with Crippen LogP contribution >= 0.6 is 0 Å². The lowest BCUT2D eigenvalue weighted by Gasteiger charge is -2.35. The van der Waals surface area contributed by atoms with Gasteiger partial charge in [0.2, 0.25) is 0 Å². The molecule has 6 heteroatoms. The van der Waals surface area contributed by atoms with Crippen LogP contribution in [0.1, 0.15) is 28.2 Å². The normalized spacial score (nSPS) is 28.2. The van der Waals surface area contributed by atoms with Crippen LogP contribution in [0.4, 0.5) is 0 Å². The molecule has 0 aliphatic carbocycles. The average Bonchev–Trinajstić information content (AvgIpc) is 3.21. The topological polar surface area (TPSA) is 69.9 Å². The highest BCUT2D eigenvalue weighted by atomic mass is 16.7. The fourth-order valence-electron chi connectivity index (χ4n) is 3.57. The molecule has 1 fully saturated rings. The molecule has 0 amide bonds. The molecule has 0 radical (unpaired) electrons. The van der Waals surface area contributed by atoms with Crippen molar-refractivity contribution < 1.29 is 24.1 Å². The van der Waals surface area contributed by atoms with Crippen LogP contribution in [0.5, 0.6) is 0 Å². The molecule has 2 aromatic rings. The second kappa shape index (κ2) is 6.72. The summed E-state index contributed by atoms with van der Waals surface area (Å²) in [6, 6.07) is 13.6. The van der Waals surface area contributed by atoms with Crippen molar-refractivity contribution in [2.75, 3.05) is 6.61 Å². The van der Waals surface area contributed by atoms with Crippen molar-refractivity contribution in [2.24, 2.45) is 0 Å². The highest BCUT2D eigenvalue weighted by Gasteiger charge is 2.50. The van der Waals surface area contributed by atoms with Gasteiger partial charge in [-0.05, 0) is 17.7 Å². The quantitative estimate of drug-likeness (QED) is 0.840. The molecule has 1 saturated heterocycles. The largest absolute Gasteiger partial charge is 0.394 e. The third kappa shape index (κ3) is 3.14. The third-order valence-electron chi connectivity index (χ3n) is 4.89. The number of aromatic nitrogens is 1. The summed E-state index contributed by atoms with van der Waals surface area (Å²) in [4.78, 5) is 11.2. The van der Waals surface area contributed by atoms with Gasteiger partial charge in [-0.2, -0.15) is 0 Å². The third-order valence-corrected chi connectivity index (χ3v) is 4.89. The first kappa shape index (κ1) is 16.5. The minimum Gasteiger partial charge on any atom is -0.394 e. The maximum atomic E-state index is 11.2. The fraction of sp³-hybridized carbons (Fsp3) is 0.421. The molecule has 0 bridgehead atoms. The molecule has 1 aromatic heterocycles. The van der Waals surface area contributed by atoms with Crippen LogP contribution in [0.3, 0.4) is 0 Å².